The van der Waals surface area contributed by atoms with Gasteiger partial charge >= 0.3 is 17.9 Å². The number of quaternary nitrogens is 1. The van der Waals surface area contributed by atoms with Gasteiger partial charge < -0.3 is 28.5 Å². The van der Waals surface area contributed by atoms with E-state index in [1.807, 2.05) is 21.1 Å². The minimum Gasteiger partial charge on any atom is -0.477 e. The molecule has 1 N–H and O–H groups in total. The maximum Gasteiger partial charge on any atom is 0.361 e. The summed E-state index contributed by atoms with van der Waals surface area (Å²) in [6.45, 7) is 4.96. The number of rotatable bonds is 68. The molecule has 9 heteroatoms. The normalized spacial score (nSPS) is 12.7. The molecule has 81 heavy (non-hydrogen) atoms. The first kappa shape index (κ1) is 79.0. The fraction of sp³-hybridized carbons (Fsp3) is 0.931. The average Bonchev–Trinajstić information content (AvgIpc) is 3.44. The van der Waals surface area contributed by atoms with Crippen molar-refractivity contribution in [3.8, 4) is 0 Å². The summed E-state index contributed by atoms with van der Waals surface area (Å²) in [5.74, 6) is -1.97. The van der Waals surface area contributed by atoms with Crippen LogP contribution in [0.2, 0.25) is 0 Å². The molecule has 2 atom stereocenters. The first-order valence-electron chi connectivity index (χ1n) is 35.9. The third-order valence-corrected chi connectivity index (χ3v) is 16.5. The molecule has 2 unspecified atom stereocenters. The Bertz CT molecular complexity index is 1330. The Labute approximate surface area is 504 Å². The number of carboxylic acid groups (broad SMARTS) is 1. The summed E-state index contributed by atoms with van der Waals surface area (Å²) in [4.78, 5) is 37.6. The summed E-state index contributed by atoms with van der Waals surface area (Å²) in [6, 6.07) is 0. The molecule has 0 saturated carbocycles. The Morgan fingerprint density at radius 3 is 0.914 bits per heavy atom. The molecule has 0 aliphatic heterocycles. The van der Waals surface area contributed by atoms with Gasteiger partial charge in [-0.1, -0.05) is 334 Å². The third-order valence-electron chi connectivity index (χ3n) is 16.5. The molecule has 480 valence electrons. The maximum atomic E-state index is 12.9. The number of unbranched alkanes of at least 4 members (excludes halogenated alkanes) is 51. The van der Waals surface area contributed by atoms with Gasteiger partial charge in [-0.15, -0.1) is 0 Å². The number of hydrogen-bond acceptors (Lipinski definition) is 7. The first-order chi connectivity index (χ1) is 39.6. The molecule has 0 heterocycles. The lowest BCUT2D eigenvalue weighted by molar-refractivity contribution is -0.870. The molecule has 0 radical (unpaired) electrons. The number of allylic oxidation sites excluding steroid dienone is 2. The largest absolute Gasteiger partial charge is 0.477 e. The number of esters is 2. The second-order valence-corrected chi connectivity index (χ2v) is 25.9. The first-order valence-corrected chi connectivity index (χ1v) is 35.9. The summed E-state index contributed by atoms with van der Waals surface area (Å²) in [7, 11) is 5.99. The molecule has 0 rings (SSSR count). The van der Waals surface area contributed by atoms with E-state index < -0.39 is 18.4 Å². The maximum absolute atomic E-state index is 12.9. The van der Waals surface area contributed by atoms with Crippen LogP contribution in [0.4, 0.5) is 0 Å². The van der Waals surface area contributed by atoms with Gasteiger partial charge in [-0.2, -0.15) is 0 Å². The van der Waals surface area contributed by atoms with E-state index in [2.05, 4.69) is 26.0 Å². The standard InChI is InChI=1S/C72H139NO8/c1-6-8-10-12-14-16-18-20-22-24-26-27-28-29-30-31-32-33-34-35-36-37-38-39-40-41-42-43-45-47-49-51-53-55-57-59-61-63-70(75)81-68(67-80-72(71(76)77)78-65-64-73(3,4)5)66-79-69(74)62-60-58-56-54-52-50-48-46-44-25-23-21-19-17-15-13-11-9-7-2/h24,26,68,72H,6-23,25,27-67H2,1-5H3/p+1/b26-24-. The quantitative estimate of drug-likeness (QED) is 0.0211. The molecule has 0 saturated heterocycles. The Hall–Kier alpha value is -1.97. The van der Waals surface area contributed by atoms with E-state index in [-0.39, 0.29) is 38.2 Å². The van der Waals surface area contributed by atoms with Crippen molar-refractivity contribution in [1.29, 1.82) is 0 Å². The highest BCUT2D eigenvalue weighted by molar-refractivity contribution is 5.71. The van der Waals surface area contributed by atoms with Crippen molar-refractivity contribution in [1.82, 2.24) is 0 Å². The van der Waals surface area contributed by atoms with Gasteiger partial charge in [0.15, 0.2) is 6.10 Å². The number of nitrogens with zero attached hydrogens (tertiary/aromatic N) is 1. The molecule has 0 bridgehead atoms. The SMILES string of the molecule is CCCCCCCCCC/C=C\CCCCCCCCCCCCCCCCCCCCCCCCCCCC(=O)OC(COC(=O)CCCCCCCCCCCCCCCCCCCCC)COC(OCC[N+](C)(C)C)C(=O)O. The zero-order valence-corrected chi connectivity index (χ0v) is 55.0. The molecule has 0 aromatic rings. The van der Waals surface area contributed by atoms with Crippen LogP contribution in [0.5, 0.6) is 0 Å². The van der Waals surface area contributed by atoms with E-state index in [4.69, 9.17) is 18.9 Å². The number of aliphatic carboxylic acids is 1. The Balaban J connectivity index is 3.96. The molecule has 0 aromatic carbocycles. The van der Waals surface area contributed by atoms with E-state index in [0.29, 0.717) is 17.4 Å². The Kier molecular flexibility index (Phi) is 62.5. The minimum atomic E-state index is -1.50. The van der Waals surface area contributed by atoms with Crippen molar-refractivity contribution in [2.75, 3.05) is 47.5 Å². The monoisotopic (exact) mass is 1150 g/mol. The summed E-state index contributed by atoms with van der Waals surface area (Å²) in [6.07, 6.45) is 74.9. The minimum absolute atomic E-state index is 0.173. The molecule has 0 fully saturated rings. The van der Waals surface area contributed by atoms with Crippen LogP contribution in [0.3, 0.4) is 0 Å². The highest BCUT2D eigenvalue weighted by Gasteiger charge is 2.25. The number of carboxylic acids is 1. The second kappa shape index (κ2) is 64.0. The number of ether oxygens (including phenoxy) is 4. The van der Waals surface area contributed by atoms with Gasteiger partial charge in [-0.25, -0.2) is 4.79 Å². The van der Waals surface area contributed by atoms with Crippen molar-refractivity contribution >= 4 is 17.9 Å². The zero-order chi connectivity index (χ0) is 59.1. The van der Waals surface area contributed by atoms with Crippen LogP contribution >= 0.6 is 0 Å². The van der Waals surface area contributed by atoms with Gasteiger partial charge in [0, 0.05) is 12.8 Å². The van der Waals surface area contributed by atoms with Gasteiger partial charge in [0.25, 0.3) is 6.29 Å². The topological polar surface area (TPSA) is 108 Å². The zero-order valence-electron chi connectivity index (χ0n) is 55.0. The molecular formula is C72H140NO8+. The van der Waals surface area contributed by atoms with E-state index in [0.717, 1.165) is 38.5 Å². The molecule has 0 amide bonds. The Morgan fingerprint density at radius 2 is 0.630 bits per heavy atom. The summed E-state index contributed by atoms with van der Waals surface area (Å²) < 4.78 is 23.0. The summed E-state index contributed by atoms with van der Waals surface area (Å²) >= 11 is 0. The smallest absolute Gasteiger partial charge is 0.361 e. The van der Waals surface area contributed by atoms with E-state index >= 15 is 0 Å². The molecule has 0 spiro atoms. The van der Waals surface area contributed by atoms with Crippen LogP contribution in [0.25, 0.3) is 0 Å². The van der Waals surface area contributed by atoms with Crippen molar-refractivity contribution < 1.29 is 42.9 Å². The Morgan fingerprint density at radius 1 is 0.358 bits per heavy atom. The summed E-state index contributed by atoms with van der Waals surface area (Å²) in [5.41, 5.74) is 0. The molecule has 0 aromatic heterocycles. The van der Waals surface area contributed by atoms with Gasteiger partial charge in [0.2, 0.25) is 0 Å². The van der Waals surface area contributed by atoms with Crippen LogP contribution in [0.1, 0.15) is 373 Å². The van der Waals surface area contributed by atoms with Gasteiger partial charge in [0.1, 0.15) is 13.2 Å². The van der Waals surface area contributed by atoms with Crippen molar-refractivity contribution in [2.45, 2.75) is 386 Å². The molecular weight excluding hydrogens is 1010 g/mol. The van der Waals surface area contributed by atoms with Crippen LogP contribution in [-0.2, 0) is 33.3 Å². The van der Waals surface area contributed by atoms with Crippen LogP contribution in [0.15, 0.2) is 12.2 Å². The highest BCUT2D eigenvalue weighted by Crippen LogP contribution is 2.19. The van der Waals surface area contributed by atoms with E-state index in [1.54, 1.807) is 0 Å². The van der Waals surface area contributed by atoms with Crippen molar-refractivity contribution in [3.05, 3.63) is 12.2 Å². The average molecular weight is 1150 g/mol. The van der Waals surface area contributed by atoms with Gasteiger partial charge in [-0.3, -0.25) is 9.59 Å². The molecule has 0 aliphatic rings. The van der Waals surface area contributed by atoms with Crippen LogP contribution in [0, 0.1) is 0 Å². The van der Waals surface area contributed by atoms with E-state index in [1.165, 1.54) is 308 Å². The predicted molar refractivity (Wildman–Crippen MR) is 346 cm³/mol. The lowest BCUT2D eigenvalue weighted by atomic mass is 10.0. The lowest BCUT2D eigenvalue weighted by Gasteiger charge is -2.25. The number of likely N-dealkylation sites (N-methyl/N-ethyl adjacent to an activating group) is 1. The molecule has 9 nitrogen and oxygen atoms in total. The fourth-order valence-corrected chi connectivity index (χ4v) is 11.0. The number of carbonyl (C=O) groups excluding carboxylic acids is 2. The summed E-state index contributed by atoms with van der Waals surface area (Å²) in [5, 5.41) is 9.74. The van der Waals surface area contributed by atoms with E-state index in [9.17, 15) is 19.5 Å². The van der Waals surface area contributed by atoms with Crippen molar-refractivity contribution in [2.24, 2.45) is 0 Å². The predicted octanol–water partition coefficient (Wildman–Crippen LogP) is 22.0. The number of hydrogen-bond donors (Lipinski definition) is 1. The van der Waals surface area contributed by atoms with Crippen molar-refractivity contribution in [3.63, 3.8) is 0 Å². The van der Waals surface area contributed by atoms with Crippen LogP contribution < -0.4 is 0 Å². The van der Waals surface area contributed by atoms with Gasteiger partial charge in [0.05, 0.1) is 34.4 Å². The second-order valence-electron chi connectivity index (χ2n) is 25.9. The highest BCUT2D eigenvalue weighted by atomic mass is 16.7. The third kappa shape index (κ3) is 65.4. The van der Waals surface area contributed by atoms with Crippen LogP contribution in [-0.4, -0.2) is 87.4 Å². The molecule has 0 aliphatic carbocycles. The fourth-order valence-electron chi connectivity index (χ4n) is 11.0. The lowest BCUT2D eigenvalue weighted by Crippen LogP contribution is -2.40. The number of carbonyl (C=O) groups is 3. The van der Waals surface area contributed by atoms with Gasteiger partial charge in [-0.05, 0) is 38.5 Å².